The Morgan fingerprint density at radius 2 is 1.50 bits per heavy atom. The maximum atomic E-state index is 10.1. The highest BCUT2D eigenvalue weighted by atomic mass is 16.4. The third-order valence-corrected chi connectivity index (χ3v) is 1.05. The summed E-state index contributed by atoms with van der Waals surface area (Å²) in [6.07, 6.45) is -1.13. The molecule has 0 aromatic heterocycles. The Morgan fingerprint density at radius 1 is 1.14 bits per heavy atom. The Hall–Kier alpha value is -1.43. The van der Waals surface area contributed by atoms with Crippen LogP contribution in [0.1, 0.15) is 26.7 Å². The summed E-state index contributed by atoms with van der Waals surface area (Å²) in [4.78, 5) is 29.3. The first-order valence-electron chi connectivity index (χ1n) is 3.89. The largest absolute Gasteiger partial charge is 0.481 e. The van der Waals surface area contributed by atoms with Crippen molar-refractivity contribution in [1.82, 2.24) is 0 Å². The average molecular weight is 206 g/mol. The maximum Gasteiger partial charge on any atom is 0.332 e. The van der Waals surface area contributed by atoms with E-state index in [2.05, 4.69) is 0 Å². The normalized spacial score (nSPS) is 10.8. The molecule has 1 atom stereocenters. The Bertz CT molecular complexity index is 194. The third kappa shape index (κ3) is 16.9. The lowest BCUT2D eigenvalue weighted by Gasteiger charge is -1.89. The molecule has 0 saturated heterocycles. The molecule has 3 N–H and O–H groups in total. The second-order valence-corrected chi connectivity index (χ2v) is 2.61. The maximum absolute atomic E-state index is 10.1. The van der Waals surface area contributed by atoms with Gasteiger partial charge < -0.3 is 20.1 Å². The van der Waals surface area contributed by atoms with E-state index in [1.807, 2.05) is 0 Å². The van der Waals surface area contributed by atoms with E-state index in [0.29, 0.717) is 0 Å². The van der Waals surface area contributed by atoms with Crippen molar-refractivity contribution in [2.24, 2.45) is 0 Å². The van der Waals surface area contributed by atoms with E-state index in [1.165, 1.54) is 13.8 Å². The smallest absolute Gasteiger partial charge is 0.332 e. The Labute approximate surface area is 81.2 Å². The standard InChI is InChI=1S/C5H8O3.C3H6O3/c1-4(6)2-3-5(7)8;1-2(4)3(5)6/h2-3H2,1H3,(H,7,8);2,4H,1H3,(H,5,6). The number of carbonyl (C=O) groups excluding carboxylic acids is 1. The second-order valence-electron chi connectivity index (χ2n) is 2.61. The SMILES string of the molecule is CC(=O)CCC(=O)O.CC(O)C(=O)O. The summed E-state index contributed by atoms with van der Waals surface area (Å²) in [6.45, 7) is 2.57. The summed E-state index contributed by atoms with van der Waals surface area (Å²) in [6, 6.07) is 0. The van der Waals surface area contributed by atoms with Gasteiger partial charge in [0.05, 0.1) is 6.42 Å². The molecule has 0 saturated carbocycles. The van der Waals surface area contributed by atoms with Crippen LogP contribution >= 0.6 is 0 Å². The number of Topliss-reactive ketones (excluding diaryl/α,β-unsaturated/α-hetero) is 1. The number of ketones is 1. The minimum Gasteiger partial charge on any atom is -0.481 e. The third-order valence-electron chi connectivity index (χ3n) is 1.05. The van der Waals surface area contributed by atoms with E-state index < -0.39 is 18.0 Å². The van der Waals surface area contributed by atoms with Gasteiger partial charge in [-0.2, -0.15) is 0 Å². The number of carboxylic acid groups (broad SMARTS) is 2. The molecule has 0 aliphatic rings. The van der Waals surface area contributed by atoms with Crippen molar-refractivity contribution in [1.29, 1.82) is 0 Å². The Morgan fingerprint density at radius 3 is 1.57 bits per heavy atom. The fourth-order valence-corrected chi connectivity index (χ4v) is 0.283. The number of aliphatic hydroxyl groups excluding tert-OH is 1. The van der Waals surface area contributed by atoms with Crippen molar-refractivity contribution in [3.05, 3.63) is 0 Å². The molecule has 0 aliphatic heterocycles. The number of hydrogen-bond acceptors (Lipinski definition) is 4. The van der Waals surface area contributed by atoms with Gasteiger partial charge in [0.15, 0.2) is 0 Å². The summed E-state index contributed by atoms with van der Waals surface area (Å²) < 4.78 is 0. The predicted octanol–water partition coefficient (Wildman–Crippen LogP) is -0.108. The van der Waals surface area contributed by atoms with Gasteiger partial charge in [-0.3, -0.25) is 4.79 Å². The van der Waals surface area contributed by atoms with Gasteiger partial charge in [-0.05, 0) is 13.8 Å². The molecule has 0 bridgehead atoms. The molecular weight excluding hydrogens is 192 g/mol. The first kappa shape index (κ1) is 15.1. The molecule has 0 radical (unpaired) electrons. The fourth-order valence-electron chi connectivity index (χ4n) is 0.283. The quantitative estimate of drug-likeness (QED) is 0.591. The van der Waals surface area contributed by atoms with Crippen LogP contribution in [0.25, 0.3) is 0 Å². The lowest BCUT2D eigenvalue weighted by atomic mass is 10.2. The van der Waals surface area contributed by atoms with E-state index >= 15 is 0 Å². The van der Waals surface area contributed by atoms with Crippen LogP contribution in [0, 0.1) is 0 Å². The van der Waals surface area contributed by atoms with Gasteiger partial charge in [-0.15, -0.1) is 0 Å². The molecule has 82 valence electrons. The highest BCUT2D eigenvalue weighted by Crippen LogP contribution is 1.87. The number of aliphatic hydroxyl groups is 1. The molecule has 1 unspecified atom stereocenters. The van der Waals surface area contributed by atoms with Crippen molar-refractivity contribution >= 4 is 17.7 Å². The molecule has 0 aromatic rings. The monoisotopic (exact) mass is 206 g/mol. The van der Waals surface area contributed by atoms with Crippen LogP contribution in [0.3, 0.4) is 0 Å². The summed E-state index contributed by atoms with van der Waals surface area (Å²) >= 11 is 0. The van der Waals surface area contributed by atoms with Crippen molar-refractivity contribution < 1.29 is 29.7 Å². The highest BCUT2D eigenvalue weighted by Gasteiger charge is 2.01. The molecular formula is C8H14O6. The molecule has 0 spiro atoms. The molecule has 14 heavy (non-hydrogen) atoms. The molecule has 6 heteroatoms. The molecule has 0 fully saturated rings. The van der Waals surface area contributed by atoms with Crippen LogP contribution in [-0.2, 0) is 14.4 Å². The molecule has 0 aromatic carbocycles. The summed E-state index contributed by atoms with van der Waals surface area (Å²) in [5.41, 5.74) is 0. The summed E-state index contributed by atoms with van der Waals surface area (Å²) in [7, 11) is 0. The predicted molar refractivity (Wildman–Crippen MR) is 46.9 cm³/mol. The number of rotatable bonds is 4. The number of hydrogen-bond donors (Lipinski definition) is 3. The zero-order valence-electron chi connectivity index (χ0n) is 8.06. The van der Waals surface area contributed by atoms with Gasteiger partial charge in [0.25, 0.3) is 0 Å². The number of aliphatic carboxylic acids is 2. The van der Waals surface area contributed by atoms with Gasteiger partial charge in [-0.1, -0.05) is 0 Å². The average Bonchev–Trinajstić information content (AvgIpc) is 2.01. The van der Waals surface area contributed by atoms with E-state index in [9.17, 15) is 14.4 Å². The second kappa shape index (κ2) is 8.18. The van der Waals surface area contributed by atoms with Gasteiger partial charge in [-0.25, -0.2) is 4.79 Å². The molecule has 0 rings (SSSR count). The highest BCUT2D eigenvalue weighted by molar-refractivity contribution is 5.80. The molecule has 0 heterocycles. The first-order valence-corrected chi connectivity index (χ1v) is 3.89. The van der Waals surface area contributed by atoms with E-state index in [0.717, 1.165) is 0 Å². The molecule has 6 nitrogen and oxygen atoms in total. The van der Waals surface area contributed by atoms with Gasteiger partial charge >= 0.3 is 11.9 Å². The van der Waals surface area contributed by atoms with Crippen LogP contribution in [-0.4, -0.2) is 39.1 Å². The van der Waals surface area contributed by atoms with Crippen molar-refractivity contribution in [3.8, 4) is 0 Å². The van der Waals surface area contributed by atoms with Crippen molar-refractivity contribution in [2.45, 2.75) is 32.8 Å². The summed E-state index contributed by atoms with van der Waals surface area (Å²) in [5, 5.41) is 23.8. The van der Waals surface area contributed by atoms with Crippen LogP contribution in [0.2, 0.25) is 0 Å². The minimum atomic E-state index is -1.23. The molecule has 0 amide bonds. The topological polar surface area (TPSA) is 112 Å². The zero-order valence-corrected chi connectivity index (χ0v) is 8.06. The van der Waals surface area contributed by atoms with E-state index in [-0.39, 0.29) is 18.6 Å². The van der Waals surface area contributed by atoms with Crippen molar-refractivity contribution in [3.63, 3.8) is 0 Å². The lowest BCUT2D eigenvalue weighted by Crippen LogP contribution is -2.13. The van der Waals surface area contributed by atoms with Gasteiger partial charge in [0.1, 0.15) is 11.9 Å². The number of carboxylic acids is 2. The van der Waals surface area contributed by atoms with Crippen LogP contribution < -0.4 is 0 Å². The number of carbonyl (C=O) groups is 3. The van der Waals surface area contributed by atoms with Crippen molar-refractivity contribution in [2.75, 3.05) is 0 Å². The van der Waals surface area contributed by atoms with Crippen LogP contribution in [0.5, 0.6) is 0 Å². The minimum absolute atomic E-state index is 0.0463. The lowest BCUT2D eigenvalue weighted by molar-refractivity contribution is -0.145. The van der Waals surface area contributed by atoms with E-state index in [4.69, 9.17) is 15.3 Å². The van der Waals surface area contributed by atoms with Gasteiger partial charge in [0, 0.05) is 6.42 Å². The Balaban J connectivity index is 0. The van der Waals surface area contributed by atoms with Crippen LogP contribution in [0.4, 0.5) is 0 Å². The Kier molecular flexibility index (Phi) is 8.80. The zero-order chi connectivity index (χ0) is 11.7. The first-order chi connectivity index (χ1) is 6.27. The summed E-state index contributed by atoms with van der Waals surface area (Å²) in [5.74, 6) is -2.18. The molecule has 0 aliphatic carbocycles. The van der Waals surface area contributed by atoms with E-state index in [1.54, 1.807) is 0 Å². The van der Waals surface area contributed by atoms with Crippen LogP contribution in [0.15, 0.2) is 0 Å². The van der Waals surface area contributed by atoms with Gasteiger partial charge in [0.2, 0.25) is 0 Å². The fraction of sp³-hybridized carbons (Fsp3) is 0.625.